The molecule has 2 heterocycles. The summed E-state index contributed by atoms with van der Waals surface area (Å²) in [5, 5.41) is 14.4. The van der Waals surface area contributed by atoms with Gasteiger partial charge in [-0.05, 0) is 127 Å². The monoisotopic (exact) mass is 818 g/mol. The van der Waals surface area contributed by atoms with E-state index in [1.165, 1.54) is 65.3 Å². The summed E-state index contributed by atoms with van der Waals surface area (Å²) in [7, 11) is 0. The number of hydrogen-bond donors (Lipinski definition) is 0. The van der Waals surface area contributed by atoms with Crippen LogP contribution in [0.25, 0.3) is 131 Å². The molecule has 2 heteroatoms. The molecule has 0 amide bonds. The molecule has 0 bridgehead atoms. The molecule has 64 heavy (non-hydrogen) atoms. The van der Waals surface area contributed by atoms with E-state index in [4.69, 9.17) is 8.83 Å². The molecule has 0 aliphatic heterocycles. The Morgan fingerprint density at radius 1 is 0.281 bits per heavy atom. The van der Waals surface area contributed by atoms with E-state index in [-0.39, 0.29) is 0 Å². The van der Waals surface area contributed by atoms with Crippen molar-refractivity contribution in [2.24, 2.45) is 0 Å². The van der Waals surface area contributed by atoms with Crippen molar-refractivity contribution >= 4 is 87.0 Å². The fourth-order valence-electron chi connectivity index (χ4n) is 9.84. The van der Waals surface area contributed by atoms with Crippen LogP contribution in [0, 0.1) is 0 Å². The lowest BCUT2D eigenvalue weighted by Gasteiger charge is -2.18. The van der Waals surface area contributed by atoms with E-state index in [0.717, 1.165) is 66.1 Å². The number of rotatable bonds is 4. The number of furan rings is 2. The van der Waals surface area contributed by atoms with Crippen LogP contribution in [0.1, 0.15) is 13.8 Å². The largest absolute Gasteiger partial charge is 0.455 e. The molecule has 0 N–H and O–H groups in total. The van der Waals surface area contributed by atoms with E-state index in [9.17, 15) is 0 Å². The third-order valence-electron chi connectivity index (χ3n) is 13.0. The van der Waals surface area contributed by atoms with E-state index in [0.29, 0.717) is 0 Å². The minimum absolute atomic E-state index is 0.916. The Morgan fingerprint density at radius 2 is 0.594 bits per heavy atom. The van der Waals surface area contributed by atoms with Gasteiger partial charge in [0, 0.05) is 32.7 Å². The molecule has 302 valence electrons. The molecule has 13 rings (SSSR count). The van der Waals surface area contributed by atoms with Gasteiger partial charge in [0.1, 0.15) is 22.3 Å². The van der Waals surface area contributed by atoms with Gasteiger partial charge in [-0.2, -0.15) is 0 Å². The molecule has 0 aliphatic carbocycles. The van der Waals surface area contributed by atoms with Crippen LogP contribution in [0.3, 0.4) is 0 Å². The summed E-state index contributed by atoms with van der Waals surface area (Å²) in [6.45, 7) is 4.00. The Balaban J connectivity index is 0.00000104. The van der Waals surface area contributed by atoms with Gasteiger partial charge in [-0.15, -0.1) is 0 Å². The minimum Gasteiger partial charge on any atom is -0.455 e. The highest BCUT2D eigenvalue weighted by Gasteiger charge is 2.19. The molecule has 0 radical (unpaired) electrons. The lowest BCUT2D eigenvalue weighted by molar-refractivity contribution is 0.669. The van der Waals surface area contributed by atoms with Crippen LogP contribution < -0.4 is 0 Å². The van der Waals surface area contributed by atoms with Gasteiger partial charge in [-0.1, -0.05) is 182 Å². The molecule has 2 aromatic heterocycles. The maximum Gasteiger partial charge on any atom is 0.143 e. The van der Waals surface area contributed by atoms with Crippen molar-refractivity contribution < 1.29 is 8.83 Å². The minimum atomic E-state index is 0.916. The molecular formula is C62H42O2. The summed E-state index contributed by atoms with van der Waals surface area (Å²) in [6.07, 6.45) is 4.00. The Bertz CT molecular complexity index is 3670. The first-order chi connectivity index (χ1) is 31.6. The van der Waals surface area contributed by atoms with Gasteiger partial charge in [0.15, 0.2) is 0 Å². The average Bonchev–Trinajstić information content (AvgIpc) is 3.94. The van der Waals surface area contributed by atoms with E-state index in [1.54, 1.807) is 0 Å². The number of hydrogen-bond acceptors (Lipinski definition) is 2. The Hall–Kier alpha value is -8.20. The second kappa shape index (κ2) is 15.3. The molecule has 13 aromatic rings. The second-order valence-electron chi connectivity index (χ2n) is 16.6. The van der Waals surface area contributed by atoms with Gasteiger partial charge in [0.2, 0.25) is 0 Å². The zero-order chi connectivity index (χ0) is 42.7. The molecule has 0 spiro atoms. The molecular weight excluding hydrogens is 777 g/mol. The van der Waals surface area contributed by atoms with Crippen LogP contribution in [0.15, 0.2) is 227 Å². The fourth-order valence-corrected chi connectivity index (χ4v) is 9.84. The van der Waals surface area contributed by atoms with Crippen molar-refractivity contribution in [2.75, 3.05) is 0 Å². The fraction of sp³-hybridized carbons (Fsp3) is 0.0323. The Kier molecular flexibility index (Phi) is 8.98. The number of benzene rings is 11. The maximum atomic E-state index is 6.41. The third kappa shape index (κ3) is 6.10. The third-order valence-corrected chi connectivity index (χ3v) is 13.0. The van der Waals surface area contributed by atoms with Crippen LogP contribution in [0.4, 0.5) is 0 Å². The van der Waals surface area contributed by atoms with Crippen molar-refractivity contribution in [1.82, 2.24) is 0 Å². The van der Waals surface area contributed by atoms with Gasteiger partial charge in [0.05, 0.1) is 0 Å². The van der Waals surface area contributed by atoms with Crippen LogP contribution in [0.2, 0.25) is 0 Å². The lowest BCUT2D eigenvalue weighted by atomic mass is 9.85. The van der Waals surface area contributed by atoms with Gasteiger partial charge in [0.25, 0.3) is 0 Å². The first-order valence-corrected chi connectivity index (χ1v) is 22.1. The predicted octanol–water partition coefficient (Wildman–Crippen LogP) is 18.3. The molecule has 11 aromatic carbocycles. The summed E-state index contributed by atoms with van der Waals surface area (Å²) in [5.74, 6) is 0. The van der Waals surface area contributed by atoms with E-state index < -0.39 is 0 Å². The van der Waals surface area contributed by atoms with Crippen molar-refractivity contribution in [3.05, 3.63) is 218 Å². The SMILES string of the molecule is C/C=C\C.c1ccc2c(c1)oc1c(-c3ccc4cc(-c5c6ccccc6c(-c6ccc7cc(-c8cccc9c8oc8ccccc89)ccc7c6)c6ccccc56)ccc4c3)cccc12. The van der Waals surface area contributed by atoms with E-state index in [1.807, 2.05) is 50.3 Å². The van der Waals surface area contributed by atoms with Crippen molar-refractivity contribution in [2.45, 2.75) is 13.8 Å². The van der Waals surface area contributed by atoms with Gasteiger partial charge in [-0.3, -0.25) is 0 Å². The summed E-state index contributed by atoms with van der Waals surface area (Å²) >= 11 is 0. The smallest absolute Gasteiger partial charge is 0.143 e. The predicted molar refractivity (Wildman–Crippen MR) is 273 cm³/mol. The topological polar surface area (TPSA) is 26.3 Å². The van der Waals surface area contributed by atoms with Gasteiger partial charge in [-0.25, -0.2) is 0 Å². The molecule has 0 saturated carbocycles. The summed E-state index contributed by atoms with van der Waals surface area (Å²) in [6, 6.07) is 74.7. The standard InChI is InChI=1S/C58H34O2.C4H8/c1-2-14-48-47(13-1)55(41-29-25-35-31-39(27-23-37(35)33-41)43-17-9-19-51-45-11-5-7-21-53(45)59-57(43)51)49-15-3-4-16-50(49)56(48)42-30-26-36-32-40(28-24-38(36)34-42)44-18-10-20-52-46-12-6-8-22-54(46)60-58(44)52;1-3-4-2/h1-34H;3-4H,1-2H3/b;4-3-. The molecule has 0 unspecified atom stereocenters. The molecule has 0 saturated heterocycles. The summed E-state index contributed by atoms with van der Waals surface area (Å²) in [5.41, 5.74) is 13.1. The number of allylic oxidation sites excluding steroid dienone is 2. The first kappa shape index (κ1) is 37.6. The highest BCUT2D eigenvalue weighted by molar-refractivity contribution is 6.22. The highest BCUT2D eigenvalue weighted by Crippen LogP contribution is 2.46. The van der Waals surface area contributed by atoms with Gasteiger partial charge < -0.3 is 8.83 Å². The zero-order valence-corrected chi connectivity index (χ0v) is 35.6. The first-order valence-electron chi connectivity index (χ1n) is 22.1. The lowest BCUT2D eigenvalue weighted by Crippen LogP contribution is -1.91. The average molecular weight is 819 g/mol. The van der Waals surface area contributed by atoms with Crippen LogP contribution in [-0.2, 0) is 0 Å². The summed E-state index contributed by atoms with van der Waals surface area (Å²) < 4.78 is 12.8. The van der Waals surface area contributed by atoms with Crippen molar-refractivity contribution in [3.8, 4) is 44.5 Å². The quantitative estimate of drug-likeness (QED) is 0.131. The summed E-state index contributed by atoms with van der Waals surface area (Å²) in [4.78, 5) is 0. The maximum absolute atomic E-state index is 6.41. The molecule has 0 atom stereocenters. The van der Waals surface area contributed by atoms with Crippen LogP contribution >= 0.6 is 0 Å². The molecule has 0 aliphatic rings. The highest BCUT2D eigenvalue weighted by atomic mass is 16.3. The van der Waals surface area contributed by atoms with E-state index in [2.05, 4.69) is 182 Å². The van der Waals surface area contributed by atoms with Crippen LogP contribution in [0.5, 0.6) is 0 Å². The molecule has 2 nitrogen and oxygen atoms in total. The normalized spacial score (nSPS) is 11.8. The van der Waals surface area contributed by atoms with Gasteiger partial charge >= 0.3 is 0 Å². The van der Waals surface area contributed by atoms with Crippen molar-refractivity contribution in [3.63, 3.8) is 0 Å². The van der Waals surface area contributed by atoms with E-state index >= 15 is 0 Å². The molecule has 0 fully saturated rings. The Morgan fingerprint density at radius 3 is 0.969 bits per heavy atom. The zero-order valence-electron chi connectivity index (χ0n) is 35.6. The van der Waals surface area contributed by atoms with Crippen molar-refractivity contribution in [1.29, 1.82) is 0 Å². The number of para-hydroxylation sites is 4. The number of fused-ring (bicyclic) bond motifs is 10. The second-order valence-corrected chi connectivity index (χ2v) is 16.6. The van der Waals surface area contributed by atoms with Crippen LogP contribution in [-0.4, -0.2) is 0 Å². The Labute approximate surface area is 370 Å².